The molecule has 1 aromatic carbocycles. The van der Waals surface area contributed by atoms with Crippen LogP contribution in [0.5, 0.6) is 0 Å². The van der Waals surface area contributed by atoms with Gasteiger partial charge in [-0.1, -0.05) is 26.0 Å². The number of hydrogen-bond donors (Lipinski definition) is 0. The van der Waals surface area contributed by atoms with E-state index in [0.717, 1.165) is 6.04 Å². The smallest absolute Gasteiger partial charge is 0.0396 e. The summed E-state index contributed by atoms with van der Waals surface area (Å²) in [4.78, 5) is 4.92. The molecule has 1 aliphatic heterocycles. The van der Waals surface area contributed by atoms with Crippen LogP contribution in [0.3, 0.4) is 0 Å². The van der Waals surface area contributed by atoms with E-state index in [2.05, 4.69) is 62.9 Å². The lowest BCUT2D eigenvalue weighted by molar-refractivity contribution is 0.249. The number of nitrogens with zero attached hydrogens (tertiary/aromatic N) is 2. The number of anilines is 1. The minimum Gasteiger partial charge on any atom is -0.371 e. The van der Waals surface area contributed by atoms with E-state index >= 15 is 0 Å². The lowest BCUT2D eigenvalue weighted by Gasteiger charge is -2.37. The van der Waals surface area contributed by atoms with Crippen LogP contribution in [-0.4, -0.2) is 38.1 Å². The summed E-state index contributed by atoms with van der Waals surface area (Å²) in [6, 6.07) is 7.73. The zero-order valence-corrected chi connectivity index (χ0v) is 13.1. The maximum absolute atomic E-state index is 2.55. The molecule has 0 aliphatic carbocycles. The van der Waals surface area contributed by atoms with Gasteiger partial charge in [-0.3, -0.25) is 0 Å². The third-order valence-electron chi connectivity index (χ3n) is 4.42. The van der Waals surface area contributed by atoms with Crippen LogP contribution < -0.4 is 4.90 Å². The van der Waals surface area contributed by atoms with E-state index in [-0.39, 0.29) is 0 Å². The van der Waals surface area contributed by atoms with Gasteiger partial charge in [-0.15, -0.1) is 0 Å². The molecular formula is C17H28N2. The number of hydrogen-bond acceptors (Lipinski definition) is 2. The predicted molar refractivity (Wildman–Crippen MR) is 84.2 cm³/mol. The first-order valence-corrected chi connectivity index (χ1v) is 7.51. The van der Waals surface area contributed by atoms with Crippen molar-refractivity contribution in [2.45, 2.75) is 45.6 Å². The van der Waals surface area contributed by atoms with Gasteiger partial charge in [0.05, 0.1) is 0 Å². The van der Waals surface area contributed by atoms with E-state index in [1.807, 2.05) is 0 Å². The van der Waals surface area contributed by atoms with E-state index in [4.69, 9.17) is 0 Å². The van der Waals surface area contributed by atoms with Gasteiger partial charge in [0.2, 0.25) is 0 Å². The minimum absolute atomic E-state index is 0.618. The Bertz CT molecular complexity index is 415. The molecule has 0 amide bonds. The average molecular weight is 260 g/mol. The van der Waals surface area contributed by atoms with Gasteiger partial charge in [0.1, 0.15) is 0 Å². The molecule has 0 bridgehead atoms. The molecule has 0 unspecified atom stereocenters. The fourth-order valence-corrected chi connectivity index (χ4v) is 3.02. The molecule has 2 heteroatoms. The molecule has 1 fully saturated rings. The Hall–Kier alpha value is -1.02. The lowest BCUT2D eigenvalue weighted by Crippen LogP contribution is -2.42. The Morgan fingerprint density at radius 2 is 1.79 bits per heavy atom. The van der Waals surface area contributed by atoms with Crippen LogP contribution in [0.25, 0.3) is 0 Å². The molecule has 0 N–H and O–H groups in total. The Labute approximate surface area is 118 Å². The summed E-state index contributed by atoms with van der Waals surface area (Å²) in [6.07, 6.45) is 2.55. The highest BCUT2D eigenvalue weighted by molar-refractivity contribution is 5.55. The average Bonchev–Trinajstić information content (AvgIpc) is 2.38. The van der Waals surface area contributed by atoms with Crippen molar-refractivity contribution >= 4 is 5.69 Å². The first kappa shape index (κ1) is 14.4. The van der Waals surface area contributed by atoms with E-state index < -0.39 is 0 Å². The van der Waals surface area contributed by atoms with Gasteiger partial charge in [0.25, 0.3) is 0 Å². The van der Waals surface area contributed by atoms with Crippen molar-refractivity contribution < 1.29 is 0 Å². The molecule has 1 aliphatic rings. The molecule has 0 saturated carbocycles. The van der Waals surface area contributed by atoms with Crippen LogP contribution in [0.4, 0.5) is 5.69 Å². The monoisotopic (exact) mass is 260 g/mol. The topological polar surface area (TPSA) is 6.48 Å². The quantitative estimate of drug-likeness (QED) is 0.818. The van der Waals surface area contributed by atoms with Crippen molar-refractivity contribution in [3.05, 3.63) is 29.3 Å². The summed E-state index contributed by atoms with van der Waals surface area (Å²) in [5.74, 6) is 0.618. The standard InChI is InChI=1S/C17H28N2/c1-13(2)15-6-7-17(14(3)12-15)19-10-8-16(9-11-19)18(4)5/h6-7,12-13,16H,8-11H2,1-5H3. The number of rotatable bonds is 3. The van der Waals surface area contributed by atoms with E-state index in [0.29, 0.717) is 5.92 Å². The van der Waals surface area contributed by atoms with Crippen molar-refractivity contribution in [1.82, 2.24) is 4.90 Å². The number of aryl methyl sites for hydroxylation is 1. The molecule has 2 nitrogen and oxygen atoms in total. The highest BCUT2D eigenvalue weighted by atomic mass is 15.2. The summed E-state index contributed by atoms with van der Waals surface area (Å²) in [5, 5.41) is 0. The molecule has 0 atom stereocenters. The first-order chi connectivity index (χ1) is 8.99. The predicted octanol–water partition coefficient (Wildman–Crippen LogP) is 3.65. The van der Waals surface area contributed by atoms with Crippen LogP contribution in [0.1, 0.15) is 43.7 Å². The first-order valence-electron chi connectivity index (χ1n) is 7.51. The van der Waals surface area contributed by atoms with E-state index in [1.165, 1.54) is 42.7 Å². The van der Waals surface area contributed by atoms with Gasteiger partial charge in [0.15, 0.2) is 0 Å². The van der Waals surface area contributed by atoms with Crippen LogP contribution in [0.15, 0.2) is 18.2 Å². The summed E-state index contributed by atoms with van der Waals surface area (Å²) >= 11 is 0. The molecule has 2 rings (SSSR count). The summed E-state index contributed by atoms with van der Waals surface area (Å²) in [5.41, 5.74) is 4.31. The maximum atomic E-state index is 2.55. The van der Waals surface area contributed by atoms with Gasteiger partial charge in [0, 0.05) is 24.8 Å². The highest BCUT2D eigenvalue weighted by Crippen LogP contribution is 2.27. The van der Waals surface area contributed by atoms with Crippen molar-refractivity contribution in [3.63, 3.8) is 0 Å². The Kier molecular flexibility index (Phi) is 4.51. The summed E-state index contributed by atoms with van der Waals surface area (Å²) in [6.45, 7) is 9.14. The normalized spacial score (nSPS) is 17.5. The summed E-state index contributed by atoms with van der Waals surface area (Å²) < 4.78 is 0. The molecule has 106 valence electrons. The molecular weight excluding hydrogens is 232 g/mol. The molecule has 1 heterocycles. The highest BCUT2D eigenvalue weighted by Gasteiger charge is 2.21. The van der Waals surface area contributed by atoms with Gasteiger partial charge in [-0.2, -0.15) is 0 Å². The Morgan fingerprint density at radius 3 is 2.26 bits per heavy atom. The van der Waals surface area contributed by atoms with Crippen molar-refractivity contribution in [1.29, 1.82) is 0 Å². The lowest BCUT2D eigenvalue weighted by atomic mass is 9.98. The fourth-order valence-electron chi connectivity index (χ4n) is 3.02. The Balaban J connectivity index is 2.07. The third kappa shape index (κ3) is 3.30. The SMILES string of the molecule is Cc1cc(C(C)C)ccc1N1CCC(N(C)C)CC1. The summed E-state index contributed by atoms with van der Waals surface area (Å²) in [7, 11) is 4.39. The van der Waals surface area contributed by atoms with Gasteiger partial charge in [-0.05, 0) is 57.0 Å². The van der Waals surface area contributed by atoms with Crippen LogP contribution >= 0.6 is 0 Å². The Morgan fingerprint density at radius 1 is 1.16 bits per heavy atom. The van der Waals surface area contributed by atoms with Crippen molar-refractivity contribution in [2.24, 2.45) is 0 Å². The molecule has 0 spiro atoms. The van der Waals surface area contributed by atoms with Gasteiger partial charge < -0.3 is 9.80 Å². The van der Waals surface area contributed by atoms with Crippen LogP contribution in [0.2, 0.25) is 0 Å². The molecule has 0 radical (unpaired) electrons. The van der Waals surface area contributed by atoms with Crippen molar-refractivity contribution in [3.8, 4) is 0 Å². The second-order valence-corrected chi connectivity index (χ2v) is 6.38. The second-order valence-electron chi connectivity index (χ2n) is 6.38. The largest absolute Gasteiger partial charge is 0.371 e. The zero-order chi connectivity index (χ0) is 14.0. The number of benzene rings is 1. The van der Waals surface area contributed by atoms with Crippen LogP contribution in [-0.2, 0) is 0 Å². The van der Waals surface area contributed by atoms with Gasteiger partial charge in [-0.25, -0.2) is 0 Å². The molecule has 1 aromatic rings. The minimum atomic E-state index is 0.618. The van der Waals surface area contributed by atoms with Crippen molar-refractivity contribution in [2.75, 3.05) is 32.1 Å². The maximum Gasteiger partial charge on any atom is 0.0396 e. The molecule has 1 saturated heterocycles. The fraction of sp³-hybridized carbons (Fsp3) is 0.647. The molecule has 0 aromatic heterocycles. The number of piperidine rings is 1. The van der Waals surface area contributed by atoms with Gasteiger partial charge >= 0.3 is 0 Å². The van der Waals surface area contributed by atoms with E-state index in [1.54, 1.807) is 0 Å². The second kappa shape index (κ2) is 5.96. The third-order valence-corrected chi connectivity index (χ3v) is 4.42. The van der Waals surface area contributed by atoms with E-state index in [9.17, 15) is 0 Å². The zero-order valence-electron chi connectivity index (χ0n) is 13.1. The van der Waals surface area contributed by atoms with Crippen LogP contribution in [0, 0.1) is 6.92 Å². The molecule has 19 heavy (non-hydrogen) atoms.